The number of benzene rings is 1. The molecule has 1 aliphatic heterocycles. The zero-order valence-electron chi connectivity index (χ0n) is 13.1. The predicted molar refractivity (Wildman–Crippen MR) is 89.1 cm³/mol. The summed E-state index contributed by atoms with van der Waals surface area (Å²) in [6, 6.07) is 5.85. The van der Waals surface area contributed by atoms with Crippen LogP contribution in [0.3, 0.4) is 0 Å². The van der Waals surface area contributed by atoms with Crippen molar-refractivity contribution in [3.8, 4) is 0 Å². The Morgan fingerprint density at radius 2 is 2.17 bits per heavy atom. The van der Waals surface area contributed by atoms with Gasteiger partial charge in [-0.2, -0.15) is 0 Å². The molecule has 3 aromatic rings. The minimum absolute atomic E-state index is 0.114. The molecule has 1 saturated heterocycles. The molecule has 0 saturated carbocycles. The van der Waals surface area contributed by atoms with Crippen molar-refractivity contribution in [2.24, 2.45) is 5.73 Å². The maximum atomic E-state index is 12.3. The predicted octanol–water partition coefficient (Wildman–Crippen LogP) is -1.10. The highest BCUT2D eigenvalue weighted by Crippen LogP contribution is 2.16. The summed E-state index contributed by atoms with van der Waals surface area (Å²) in [6.45, 7) is 4.16. The maximum Gasteiger partial charge on any atom is 0.332 e. The number of hydrogen-bond donors (Lipinski definition) is 3. The first kappa shape index (κ1) is 14.9. The summed E-state index contributed by atoms with van der Waals surface area (Å²) in [6.07, 6.45) is 1.22. The fourth-order valence-corrected chi connectivity index (χ4v) is 3.09. The van der Waals surface area contributed by atoms with E-state index in [2.05, 4.69) is 14.9 Å². The van der Waals surface area contributed by atoms with Crippen molar-refractivity contribution in [2.75, 3.05) is 26.3 Å². The summed E-state index contributed by atoms with van der Waals surface area (Å²) in [7, 11) is 0. The van der Waals surface area contributed by atoms with Crippen molar-refractivity contribution in [2.45, 2.75) is 6.54 Å². The van der Waals surface area contributed by atoms with Crippen molar-refractivity contribution in [3.05, 3.63) is 45.0 Å². The highest BCUT2D eigenvalue weighted by atomic mass is 16.5. The highest BCUT2D eigenvalue weighted by molar-refractivity contribution is 5.80. The van der Waals surface area contributed by atoms with Crippen LogP contribution in [0.15, 0.2) is 23.0 Å². The lowest BCUT2D eigenvalue weighted by Gasteiger charge is -2.26. The van der Waals surface area contributed by atoms with E-state index in [1.165, 1.54) is 10.6 Å². The van der Waals surface area contributed by atoms with Crippen LogP contribution in [0.1, 0.15) is 5.56 Å². The van der Waals surface area contributed by atoms with E-state index in [0.717, 1.165) is 38.4 Å². The molecule has 3 heterocycles. The number of hydrogen-bond acceptors (Lipinski definition) is 6. The molecule has 0 radical (unpaired) electrons. The van der Waals surface area contributed by atoms with E-state index in [1.54, 1.807) is 0 Å². The number of H-pyrrole nitrogens is 1. The van der Waals surface area contributed by atoms with Crippen LogP contribution in [0.2, 0.25) is 0 Å². The summed E-state index contributed by atoms with van der Waals surface area (Å²) in [5, 5.41) is 8.53. The number of nitrogens with one attached hydrogen (secondary N) is 2. The Bertz CT molecular complexity index is 1080. The lowest BCUT2D eigenvalue weighted by atomic mass is 10.2. The number of rotatable bonds is 2. The van der Waals surface area contributed by atoms with Crippen LogP contribution in [-0.2, 0) is 11.3 Å². The summed E-state index contributed by atoms with van der Waals surface area (Å²) in [5.74, 6) is 0. The minimum Gasteiger partial charge on any atom is -0.403 e. The quantitative estimate of drug-likeness (QED) is 0.553. The number of nitrogens with zero attached hydrogens (tertiary/aromatic N) is 3. The topological polar surface area (TPSA) is 112 Å². The van der Waals surface area contributed by atoms with Crippen LogP contribution in [0.5, 0.6) is 0 Å². The Balaban J connectivity index is 1.84. The molecular formula is C16H18N6O2. The number of fused-ring (bicyclic) bond motifs is 3. The molecule has 124 valence electrons. The molecular weight excluding hydrogens is 308 g/mol. The molecule has 24 heavy (non-hydrogen) atoms. The minimum atomic E-state index is -0.346. The number of morpholine rings is 1. The first-order valence-corrected chi connectivity index (χ1v) is 7.81. The number of aromatic nitrogens is 3. The van der Waals surface area contributed by atoms with Crippen molar-refractivity contribution in [1.82, 2.24) is 19.3 Å². The number of nitrogens with two attached hydrogens (primary N) is 1. The lowest BCUT2D eigenvalue weighted by Crippen LogP contribution is -2.39. The summed E-state index contributed by atoms with van der Waals surface area (Å²) in [4.78, 5) is 21.7. The largest absolute Gasteiger partial charge is 0.403 e. The van der Waals surface area contributed by atoms with Crippen LogP contribution in [0.4, 0.5) is 0 Å². The Morgan fingerprint density at radius 1 is 1.38 bits per heavy atom. The Morgan fingerprint density at radius 3 is 2.92 bits per heavy atom. The van der Waals surface area contributed by atoms with Gasteiger partial charge in [-0.1, -0.05) is 6.07 Å². The van der Waals surface area contributed by atoms with Gasteiger partial charge < -0.3 is 15.5 Å². The van der Waals surface area contributed by atoms with E-state index >= 15 is 0 Å². The van der Waals surface area contributed by atoms with Gasteiger partial charge in [0.25, 0.3) is 0 Å². The van der Waals surface area contributed by atoms with Gasteiger partial charge in [-0.25, -0.2) is 14.2 Å². The van der Waals surface area contributed by atoms with Crippen molar-refractivity contribution >= 4 is 22.9 Å². The van der Waals surface area contributed by atoms with Crippen molar-refractivity contribution < 1.29 is 4.74 Å². The zero-order valence-corrected chi connectivity index (χ0v) is 13.1. The Kier molecular flexibility index (Phi) is 3.55. The SMILES string of the molecule is N=c1/c(=C\N)[nH]c(=O)n2c1nc1cc(CN3CCOCC3)ccc12. The van der Waals surface area contributed by atoms with Gasteiger partial charge in [0, 0.05) is 25.8 Å². The standard InChI is InChI=1S/C16H18N6O2/c17-8-12-14(18)15-19-11-7-10(9-21-3-5-24-6-4-21)1-2-13(11)22(15)16(23)20-12/h1-2,7-8,18H,3-6,9,17H2,(H,20,23)/b12-8+,18-14?. The van der Waals surface area contributed by atoms with Gasteiger partial charge in [0.1, 0.15) is 5.36 Å². The third-order valence-corrected chi connectivity index (χ3v) is 4.33. The van der Waals surface area contributed by atoms with Crippen LogP contribution in [-0.4, -0.2) is 45.6 Å². The van der Waals surface area contributed by atoms with Crippen LogP contribution in [0.25, 0.3) is 22.9 Å². The fraction of sp³-hybridized carbons (Fsp3) is 0.312. The second-order valence-electron chi connectivity index (χ2n) is 5.87. The summed E-state index contributed by atoms with van der Waals surface area (Å²) >= 11 is 0. The van der Waals surface area contributed by atoms with Crippen LogP contribution < -0.4 is 22.1 Å². The van der Waals surface area contributed by atoms with E-state index in [-0.39, 0.29) is 16.4 Å². The second kappa shape index (κ2) is 5.73. The molecule has 8 heteroatoms. The van der Waals surface area contributed by atoms with Gasteiger partial charge in [-0.3, -0.25) is 10.3 Å². The molecule has 1 fully saturated rings. The molecule has 4 rings (SSSR count). The third kappa shape index (κ3) is 2.36. The Hall–Kier alpha value is -2.71. The molecule has 1 aliphatic rings. The molecule has 0 aliphatic carbocycles. The molecule has 0 atom stereocenters. The first-order chi connectivity index (χ1) is 11.7. The van der Waals surface area contributed by atoms with Gasteiger partial charge in [0.2, 0.25) is 0 Å². The first-order valence-electron chi connectivity index (χ1n) is 7.81. The van der Waals surface area contributed by atoms with E-state index < -0.39 is 0 Å². The van der Waals surface area contributed by atoms with E-state index in [0.29, 0.717) is 16.7 Å². The smallest absolute Gasteiger partial charge is 0.332 e. The summed E-state index contributed by atoms with van der Waals surface area (Å²) in [5.41, 5.74) is 7.95. The number of aromatic amines is 1. The monoisotopic (exact) mass is 326 g/mol. The van der Waals surface area contributed by atoms with Crippen LogP contribution >= 0.6 is 0 Å². The third-order valence-electron chi connectivity index (χ3n) is 4.33. The summed E-state index contributed by atoms with van der Waals surface area (Å²) < 4.78 is 6.79. The molecule has 0 spiro atoms. The number of imidazole rings is 1. The highest BCUT2D eigenvalue weighted by Gasteiger charge is 2.13. The molecule has 2 aromatic heterocycles. The second-order valence-corrected chi connectivity index (χ2v) is 5.87. The molecule has 0 bridgehead atoms. The van der Waals surface area contributed by atoms with Gasteiger partial charge in [0.05, 0.1) is 29.6 Å². The van der Waals surface area contributed by atoms with E-state index in [1.807, 2.05) is 18.2 Å². The average molecular weight is 326 g/mol. The zero-order chi connectivity index (χ0) is 16.7. The molecule has 1 aromatic carbocycles. The maximum absolute atomic E-state index is 12.3. The van der Waals surface area contributed by atoms with E-state index in [4.69, 9.17) is 15.9 Å². The van der Waals surface area contributed by atoms with Gasteiger partial charge in [-0.05, 0) is 17.7 Å². The molecule has 4 N–H and O–H groups in total. The molecule has 0 amide bonds. The van der Waals surface area contributed by atoms with Gasteiger partial charge in [-0.15, -0.1) is 0 Å². The normalized spacial score (nSPS) is 17.1. The molecule has 8 nitrogen and oxygen atoms in total. The lowest BCUT2D eigenvalue weighted by molar-refractivity contribution is 0.0342. The van der Waals surface area contributed by atoms with E-state index in [9.17, 15) is 4.79 Å². The fourth-order valence-electron chi connectivity index (χ4n) is 3.09. The van der Waals surface area contributed by atoms with Crippen LogP contribution in [0, 0.1) is 5.41 Å². The number of ether oxygens (including phenoxy) is 1. The Labute approximate surface area is 136 Å². The average Bonchev–Trinajstić information content (AvgIpc) is 2.98. The van der Waals surface area contributed by atoms with Gasteiger partial charge >= 0.3 is 5.69 Å². The molecule has 0 unspecified atom stereocenters. The van der Waals surface area contributed by atoms with Crippen molar-refractivity contribution in [3.63, 3.8) is 0 Å². The van der Waals surface area contributed by atoms with Gasteiger partial charge in [0.15, 0.2) is 5.65 Å². The van der Waals surface area contributed by atoms with Crippen molar-refractivity contribution in [1.29, 1.82) is 5.41 Å².